The van der Waals surface area contributed by atoms with Crippen molar-refractivity contribution in [3.8, 4) is 0 Å². The summed E-state index contributed by atoms with van der Waals surface area (Å²) in [6.07, 6.45) is 5.64. The van der Waals surface area contributed by atoms with Crippen molar-refractivity contribution in [2.24, 2.45) is 0 Å². The molecule has 1 fully saturated rings. The standard InChI is InChI=1S/C9H15NO/c1-8(2)10-5-3-4-9(10)6-11-7-9/h3,5,8H,4,6-7H2,1-2H3. The first-order chi connectivity index (χ1) is 5.25. The third-order valence-electron chi connectivity index (χ3n) is 2.61. The van der Waals surface area contributed by atoms with Gasteiger partial charge in [0, 0.05) is 6.04 Å². The highest BCUT2D eigenvalue weighted by Gasteiger charge is 2.45. The fourth-order valence-electron chi connectivity index (χ4n) is 1.97. The Kier molecular flexibility index (Phi) is 1.46. The van der Waals surface area contributed by atoms with E-state index in [-0.39, 0.29) is 0 Å². The van der Waals surface area contributed by atoms with Gasteiger partial charge in [-0.1, -0.05) is 6.08 Å². The fourth-order valence-corrected chi connectivity index (χ4v) is 1.97. The average molecular weight is 153 g/mol. The second-order valence-corrected chi connectivity index (χ2v) is 3.81. The zero-order valence-electron chi connectivity index (χ0n) is 7.21. The fraction of sp³-hybridized carbons (Fsp3) is 0.778. The maximum atomic E-state index is 5.26. The molecular weight excluding hydrogens is 138 g/mol. The second kappa shape index (κ2) is 2.24. The smallest absolute Gasteiger partial charge is 0.0899 e. The van der Waals surface area contributed by atoms with Crippen LogP contribution in [0.25, 0.3) is 0 Å². The van der Waals surface area contributed by atoms with Gasteiger partial charge in [-0.25, -0.2) is 0 Å². The molecule has 0 amide bonds. The van der Waals surface area contributed by atoms with Crippen LogP contribution in [0.1, 0.15) is 20.3 Å². The molecule has 1 saturated heterocycles. The van der Waals surface area contributed by atoms with Gasteiger partial charge in [0.1, 0.15) is 0 Å². The third kappa shape index (κ3) is 0.890. The van der Waals surface area contributed by atoms with Gasteiger partial charge in [0.2, 0.25) is 0 Å². The van der Waals surface area contributed by atoms with Gasteiger partial charge in [-0.2, -0.15) is 0 Å². The van der Waals surface area contributed by atoms with Crippen molar-refractivity contribution in [1.29, 1.82) is 0 Å². The summed E-state index contributed by atoms with van der Waals surface area (Å²) in [7, 11) is 0. The third-order valence-corrected chi connectivity index (χ3v) is 2.61. The maximum absolute atomic E-state index is 5.26. The molecule has 2 heteroatoms. The van der Waals surface area contributed by atoms with E-state index in [0.717, 1.165) is 13.2 Å². The molecule has 2 nitrogen and oxygen atoms in total. The Hall–Kier alpha value is -0.500. The summed E-state index contributed by atoms with van der Waals surface area (Å²) in [5.41, 5.74) is 0.355. The van der Waals surface area contributed by atoms with Crippen molar-refractivity contribution in [3.63, 3.8) is 0 Å². The molecule has 0 bridgehead atoms. The Morgan fingerprint density at radius 1 is 1.45 bits per heavy atom. The first-order valence-electron chi connectivity index (χ1n) is 4.27. The molecule has 2 aliphatic heterocycles. The van der Waals surface area contributed by atoms with Crippen LogP contribution in [0.2, 0.25) is 0 Å². The van der Waals surface area contributed by atoms with Crippen LogP contribution in [0, 0.1) is 0 Å². The first kappa shape index (κ1) is 7.17. The van der Waals surface area contributed by atoms with E-state index in [1.807, 2.05) is 0 Å². The molecule has 62 valence electrons. The van der Waals surface area contributed by atoms with E-state index >= 15 is 0 Å². The molecule has 0 radical (unpaired) electrons. The maximum Gasteiger partial charge on any atom is 0.0899 e. The monoisotopic (exact) mass is 153 g/mol. The molecule has 0 aromatic carbocycles. The summed E-state index contributed by atoms with van der Waals surface area (Å²) in [4.78, 5) is 2.43. The van der Waals surface area contributed by atoms with E-state index in [0.29, 0.717) is 11.6 Å². The van der Waals surface area contributed by atoms with Crippen molar-refractivity contribution >= 4 is 0 Å². The average Bonchev–Trinajstić information content (AvgIpc) is 2.27. The van der Waals surface area contributed by atoms with E-state index in [9.17, 15) is 0 Å². The highest BCUT2D eigenvalue weighted by Crippen LogP contribution is 2.35. The zero-order chi connectivity index (χ0) is 7.90. The summed E-state index contributed by atoms with van der Waals surface area (Å²) in [5, 5.41) is 0. The summed E-state index contributed by atoms with van der Waals surface area (Å²) < 4.78 is 5.26. The Labute approximate surface area is 67.8 Å². The largest absolute Gasteiger partial charge is 0.376 e. The quantitative estimate of drug-likeness (QED) is 0.564. The molecule has 0 aliphatic carbocycles. The molecule has 0 aromatic rings. The van der Waals surface area contributed by atoms with E-state index < -0.39 is 0 Å². The molecule has 0 unspecified atom stereocenters. The van der Waals surface area contributed by atoms with Gasteiger partial charge in [0.05, 0.1) is 18.8 Å². The van der Waals surface area contributed by atoms with Crippen molar-refractivity contribution in [2.45, 2.75) is 31.8 Å². The highest BCUT2D eigenvalue weighted by atomic mass is 16.5. The lowest BCUT2D eigenvalue weighted by Gasteiger charge is -2.48. The highest BCUT2D eigenvalue weighted by molar-refractivity contribution is 5.12. The summed E-state index contributed by atoms with van der Waals surface area (Å²) in [5.74, 6) is 0. The molecule has 0 atom stereocenters. The lowest BCUT2D eigenvalue weighted by molar-refractivity contribution is -0.123. The SMILES string of the molecule is CC(C)N1C=CCC12COC2. The van der Waals surface area contributed by atoms with Gasteiger partial charge in [-0.3, -0.25) is 0 Å². The van der Waals surface area contributed by atoms with Gasteiger partial charge in [0.25, 0.3) is 0 Å². The number of nitrogens with zero attached hydrogens (tertiary/aromatic N) is 1. The minimum absolute atomic E-state index is 0.355. The van der Waals surface area contributed by atoms with Crippen LogP contribution >= 0.6 is 0 Å². The van der Waals surface area contributed by atoms with Crippen LogP contribution in [-0.4, -0.2) is 29.7 Å². The zero-order valence-corrected chi connectivity index (χ0v) is 7.21. The van der Waals surface area contributed by atoms with E-state index in [1.54, 1.807) is 0 Å². The summed E-state index contributed by atoms with van der Waals surface area (Å²) in [6, 6.07) is 0.609. The molecule has 0 aromatic heterocycles. The molecule has 11 heavy (non-hydrogen) atoms. The Balaban J connectivity index is 2.12. The normalized spacial score (nSPS) is 26.6. The lowest BCUT2D eigenvalue weighted by atomic mass is 9.93. The van der Waals surface area contributed by atoms with Crippen molar-refractivity contribution in [2.75, 3.05) is 13.2 Å². The second-order valence-electron chi connectivity index (χ2n) is 3.81. The minimum atomic E-state index is 0.355. The van der Waals surface area contributed by atoms with Gasteiger partial charge in [-0.15, -0.1) is 0 Å². The summed E-state index contributed by atoms with van der Waals surface area (Å²) in [6.45, 7) is 6.29. The van der Waals surface area contributed by atoms with E-state index in [4.69, 9.17) is 4.74 Å². The van der Waals surface area contributed by atoms with Gasteiger partial charge in [0.15, 0.2) is 0 Å². The van der Waals surface area contributed by atoms with Gasteiger partial charge >= 0.3 is 0 Å². The summed E-state index contributed by atoms with van der Waals surface area (Å²) >= 11 is 0. The first-order valence-corrected chi connectivity index (χ1v) is 4.27. The molecule has 2 rings (SSSR count). The van der Waals surface area contributed by atoms with E-state index in [1.165, 1.54) is 6.42 Å². The predicted octanol–water partition coefficient (Wildman–Crippen LogP) is 1.38. The van der Waals surface area contributed by atoms with Gasteiger partial charge in [-0.05, 0) is 26.5 Å². The van der Waals surface area contributed by atoms with Crippen LogP contribution in [0.4, 0.5) is 0 Å². The topological polar surface area (TPSA) is 12.5 Å². The van der Waals surface area contributed by atoms with Crippen LogP contribution in [0.5, 0.6) is 0 Å². The Morgan fingerprint density at radius 2 is 2.18 bits per heavy atom. The van der Waals surface area contributed by atoms with Crippen LogP contribution in [0.15, 0.2) is 12.3 Å². The van der Waals surface area contributed by atoms with Crippen molar-refractivity contribution in [1.82, 2.24) is 4.90 Å². The number of hydrogen-bond donors (Lipinski definition) is 0. The van der Waals surface area contributed by atoms with Crippen LogP contribution < -0.4 is 0 Å². The molecule has 1 spiro atoms. The van der Waals surface area contributed by atoms with Crippen molar-refractivity contribution < 1.29 is 4.74 Å². The number of hydrogen-bond acceptors (Lipinski definition) is 2. The van der Waals surface area contributed by atoms with E-state index in [2.05, 4.69) is 31.0 Å². The van der Waals surface area contributed by atoms with Crippen LogP contribution in [-0.2, 0) is 4.74 Å². The van der Waals surface area contributed by atoms with Crippen molar-refractivity contribution in [3.05, 3.63) is 12.3 Å². The van der Waals surface area contributed by atoms with Gasteiger partial charge < -0.3 is 9.64 Å². The molecule has 0 N–H and O–H groups in total. The predicted molar refractivity (Wildman–Crippen MR) is 44.3 cm³/mol. The number of ether oxygens (including phenoxy) is 1. The molecule has 2 heterocycles. The molecule has 2 aliphatic rings. The number of rotatable bonds is 1. The Morgan fingerprint density at radius 3 is 2.55 bits per heavy atom. The lowest BCUT2D eigenvalue weighted by Crippen LogP contribution is -2.59. The van der Waals surface area contributed by atoms with Crippen LogP contribution in [0.3, 0.4) is 0 Å². The minimum Gasteiger partial charge on any atom is -0.376 e. The molecular formula is C9H15NO. The molecule has 0 saturated carbocycles. The Bertz CT molecular complexity index is 182.